The molecular formula is C20H26N6. The fourth-order valence-electron chi connectivity index (χ4n) is 3.11. The van der Waals surface area contributed by atoms with Crippen molar-refractivity contribution in [3.8, 4) is 11.8 Å². The summed E-state index contributed by atoms with van der Waals surface area (Å²) >= 11 is 0. The van der Waals surface area contributed by atoms with Gasteiger partial charge >= 0.3 is 0 Å². The maximum absolute atomic E-state index is 5.64. The highest BCUT2D eigenvalue weighted by molar-refractivity contribution is 5.59. The highest BCUT2D eigenvalue weighted by atomic mass is 15.3. The van der Waals surface area contributed by atoms with Gasteiger partial charge in [-0.15, -0.1) is 0 Å². The van der Waals surface area contributed by atoms with Crippen molar-refractivity contribution in [3.63, 3.8) is 0 Å². The van der Waals surface area contributed by atoms with Crippen LogP contribution in [0.15, 0.2) is 24.7 Å². The molecule has 0 radical (unpaired) electrons. The first kappa shape index (κ1) is 18.2. The molecule has 136 valence electrons. The third-order valence-electron chi connectivity index (χ3n) is 4.70. The number of nitrogens with zero attached hydrogens (tertiary/aromatic N) is 5. The Morgan fingerprint density at radius 2 is 1.85 bits per heavy atom. The monoisotopic (exact) mass is 350 g/mol. The number of hydrogen-bond acceptors (Lipinski definition) is 6. The zero-order valence-corrected chi connectivity index (χ0v) is 15.7. The number of nitrogen functional groups attached to an aromatic ring is 1. The summed E-state index contributed by atoms with van der Waals surface area (Å²) in [5, 5.41) is 0. The van der Waals surface area contributed by atoms with Gasteiger partial charge < -0.3 is 10.6 Å². The van der Waals surface area contributed by atoms with E-state index in [0.717, 1.165) is 55.2 Å². The van der Waals surface area contributed by atoms with Crippen LogP contribution in [0.2, 0.25) is 0 Å². The van der Waals surface area contributed by atoms with Crippen LogP contribution < -0.4 is 10.6 Å². The molecule has 6 nitrogen and oxygen atoms in total. The molecule has 6 heteroatoms. The van der Waals surface area contributed by atoms with E-state index in [1.165, 1.54) is 0 Å². The van der Waals surface area contributed by atoms with Gasteiger partial charge in [-0.2, -0.15) is 0 Å². The summed E-state index contributed by atoms with van der Waals surface area (Å²) in [6, 6.07) is 4.22. The van der Waals surface area contributed by atoms with Crippen LogP contribution in [0.5, 0.6) is 0 Å². The first-order valence-corrected chi connectivity index (χ1v) is 9.15. The van der Waals surface area contributed by atoms with E-state index in [1.807, 2.05) is 6.07 Å². The molecule has 1 saturated heterocycles. The van der Waals surface area contributed by atoms with Crippen molar-refractivity contribution in [2.75, 3.05) is 36.8 Å². The van der Waals surface area contributed by atoms with Crippen LogP contribution in [0.4, 0.5) is 11.6 Å². The molecule has 3 rings (SSSR count). The minimum Gasteiger partial charge on any atom is -0.384 e. The van der Waals surface area contributed by atoms with Gasteiger partial charge in [-0.25, -0.2) is 15.0 Å². The van der Waals surface area contributed by atoms with Crippen molar-refractivity contribution in [2.45, 2.75) is 33.2 Å². The third kappa shape index (κ3) is 4.12. The minimum atomic E-state index is 0.497. The molecule has 0 amide bonds. The predicted molar refractivity (Wildman–Crippen MR) is 105 cm³/mol. The molecule has 0 unspecified atom stereocenters. The fourth-order valence-corrected chi connectivity index (χ4v) is 3.11. The summed E-state index contributed by atoms with van der Waals surface area (Å²) in [6.45, 7) is 10.6. The molecule has 1 fully saturated rings. The average molecular weight is 350 g/mol. The van der Waals surface area contributed by atoms with Crippen LogP contribution in [-0.4, -0.2) is 52.1 Å². The summed E-state index contributed by atoms with van der Waals surface area (Å²) in [7, 11) is 0. The molecule has 2 aromatic heterocycles. The molecule has 0 aromatic carbocycles. The maximum Gasteiger partial charge on any atom is 0.148 e. The van der Waals surface area contributed by atoms with Gasteiger partial charge in [0.25, 0.3) is 0 Å². The van der Waals surface area contributed by atoms with Crippen LogP contribution in [0, 0.1) is 11.8 Å². The van der Waals surface area contributed by atoms with Crippen LogP contribution in [0.3, 0.4) is 0 Å². The van der Waals surface area contributed by atoms with E-state index < -0.39 is 0 Å². The van der Waals surface area contributed by atoms with Crippen molar-refractivity contribution in [3.05, 3.63) is 41.5 Å². The Labute approximate surface area is 155 Å². The molecule has 1 aliphatic rings. The zero-order chi connectivity index (χ0) is 18.5. The smallest absolute Gasteiger partial charge is 0.148 e. The molecule has 26 heavy (non-hydrogen) atoms. The standard InChI is InChI=1S/C20H26N6/c1-4-18-17(7-5-16-6-8-19(21)22-13-16)20(24-14-23-18)26-11-9-25(10-12-26)15(2)3/h6,8,13-15H,4,9-12H2,1-3H3,(H2,21,22). The van der Waals surface area contributed by atoms with Gasteiger partial charge in [-0.3, -0.25) is 4.90 Å². The van der Waals surface area contributed by atoms with Crippen LogP contribution >= 0.6 is 0 Å². The Morgan fingerprint density at radius 3 is 2.46 bits per heavy atom. The van der Waals surface area contributed by atoms with E-state index in [-0.39, 0.29) is 0 Å². The second-order valence-electron chi connectivity index (χ2n) is 6.71. The number of nitrogens with two attached hydrogens (primary N) is 1. The molecule has 0 spiro atoms. The lowest BCUT2D eigenvalue weighted by molar-refractivity contribution is 0.209. The Hall–Kier alpha value is -2.65. The van der Waals surface area contributed by atoms with E-state index in [2.05, 4.69) is 57.4 Å². The van der Waals surface area contributed by atoms with Gasteiger partial charge in [0.05, 0.1) is 11.3 Å². The Kier molecular flexibility index (Phi) is 5.69. The number of hydrogen-bond donors (Lipinski definition) is 1. The number of rotatable bonds is 3. The van der Waals surface area contributed by atoms with Crippen molar-refractivity contribution in [2.24, 2.45) is 0 Å². The van der Waals surface area contributed by atoms with Gasteiger partial charge in [0, 0.05) is 44.0 Å². The minimum absolute atomic E-state index is 0.497. The van der Waals surface area contributed by atoms with Crippen LogP contribution in [-0.2, 0) is 6.42 Å². The number of pyridine rings is 1. The lowest BCUT2D eigenvalue weighted by Gasteiger charge is -2.37. The lowest BCUT2D eigenvalue weighted by Crippen LogP contribution is -2.49. The SMILES string of the molecule is CCc1ncnc(N2CCN(C(C)C)CC2)c1C#Cc1ccc(N)nc1. The molecule has 2 aromatic rings. The molecule has 0 bridgehead atoms. The quantitative estimate of drug-likeness (QED) is 0.853. The average Bonchev–Trinajstić information content (AvgIpc) is 2.67. The maximum atomic E-state index is 5.64. The first-order chi connectivity index (χ1) is 12.6. The van der Waals surface area contributed by atoms with Crippen LogP contribution in [0.25, 0.3) is 0 Å². The molecular weight excluding hydrogens is 324 g/mol. The Morgan fingerprint density at radius 1 is 1.08 bits per heavy atom. The van der Waals surface area contributed by atoms with Crippen molar-refractivity contribution in [1.29, 1.82) is 0 Å². The third-order valence-corrected chi connectivity index (χ3v) is 4.70. The zero-order valence-electron chi connectivity index (χ0n) is 15.7. The lowest BCUT2D eigenvalue weighted by atomic mass is 10.1. The second-order valence-corrected chi connectivity index (χ2v) is 6.71. The van der Waals surface area contributed by atoms with E-state index in [4.69, 9.17) is 5.73 Å². The molecule has 0 atom stereocenters. The van der Waals surface area contributed by atoms with Crippen molar-refractivity contribution < 1.29 is 0 Å². The molecule has 3 heterocycles. The van der Waals surface area contributed by atoms with Gasteiger partial charge in [0.15, 0.2) is 0 Å². The first-order valence-electron chi connectivity index (χ1n) is 9.15. The fraction of sp³-hybridized carbons (Fsp3) is 0.450. The highest BCUT2D eigenvalue weighted by Crippen LogP contribution is 2.21. The topological polar surface area (TPSA) is 71.2 Å². The van der Waals surface area contributed by atoms with Crippen LogP contribution in [0.1, 0.15) is 37.6 Å². The summed E-state index contributed by atoms with van der Waals surface area (Å²) < 4.78 is 0. The van der Waals surface area contributed by atoms with Gasteiger partial charge in [-0.05, 0) is 32.4 Å². The van der Waals surface area contributed by atoms with Gasteiger partial charge in [0.1, 0.15) is 18.0 Å². The number of anilines is 2. The number of aryl methyl sites for hydroxylation is 1. The summed E-state index contributed by atoms with van der Waals surface area (Å²) in [5.41, 5.74) is 8.38. The molecule has 2 N–H and O–H groups in total. The Bertz CT molecular complexity index is 795. The molecule has 0 saturated carbocycles. The van der Waals surface area contributed by atoms with E-state index in [9.17, 15) is 0 Å². The summed E-state index contributed by atoms with van der Waals surface area (Å²) in [5.74, 6) is 7.91. The summed E-state index contributed by atoms with van der Waals surface area (Å²) in [6.07, 6.45) is 4.17. The van der Waals surface area contributed by atoms with E-state index in [0.29, 0.717) is 11.9 Å². The highest BCUT2D eigenvalue weighted by Gasteiger charge is 2.22. The predicted octanol–water partition coefficient (Wildman–Crippen LogP) is 1.95. The van der Waals surface area contributed by atoms with Gasteiger partial charge in [-0.1, -0.05) is 18.8 Å². The van der Waals surface area contributed by atoms with Crippen molar-refractivity contribution >= 4 is 11.6 Å². The molecule has 1 aliphatic heterocycles. The van der Waals surface area contributed by atoms with E-state index in [1.54, 1.807) is 18.6 Å². The van der Waals surface area contributed by atoms with Gasteiger partial charge in [0.2, 0.25) is 0 Å². The largest absolute Gasteiger partial charge is 0.384 e. The van der Waals surface area contributed by atoms with Crippen molar-refractivity contribution in [1.82, 2.24) is 19.9 Å². The van der Waals surface area contributed by atoms with E-state index >= 15 is 0 Å². The Balaban J connectivity index is 1.89. The number of aromatic nitrogens is 3. The molecule has 0 aliphatic carbocycles. The second kappa shape index (κ2) is 8.15. The summed E-state index contributed by atoms with van der Waals surface area (Å²) in [4.78, 5) is 17.9. The number of piperazine rings is 1. The normalized spacial score (nSPS) is 15.0.